The zero-order valence-corrected chi connectivity index (χ0v) is 12.2. The second kappa shape index (κ2) is 6.64. The second-order valence-corrected chi connectivity index (χ2v) is 5.42. The van der Waals surface area contributed by atoms with Crippen LogP contribution in [0.15, 0.2) is 18.2 Å². The van der Waals surface area contributed by atoms with Crippen LogP contribution < -0.4 is 10.5 Å². The lowest BCUT2D eigenvalue weighted by atomic mass is 9.85. The molecule has 4 nitrogen and oxygen atoms in total. The minimum Gasteiger partial charge on any atom is -0.495 e. The highest BCUT2D eigenvalue weighted by Crippen LogP contribution is 2.29. The Balaban J connectivity index is 1.99. The third-order valence-electron chi connectivity index (χ3n) is 4.05. The molecule has 2 rings (SSSR count). The quantitative estimate of drug-likeness (QED) is 0.676. The molecule has 2 unspecified atom stereocenters. The average Bonchev–Trinajstić information content (AvgIpc) is 2.47. The predicted molar refractivity (Wildman–Crippen MR) is 78.9 cm³/mol. The number of rotatable bonds is 4. The van der Waals surface area contributed by atoms with E-state index in [4.69, 9.17) is 15.2 Å². The standard InChI is InChI=1S/C16H23NO3/c1-3-11-5-4-6-13(9-11)20-16(18)12-7-8-15(19-2)14(17)10-12/h7-8,10-11,13H,3-6,9,17H2,1-2H3. The molecule has 110 valence electrons. The molecule has 0 saturated heterocycles. The highest BCUT2D eigenvalue weighted by Gasteiger charge is 2.24. The number of methoxy groups -OCH3 is 1. The Morgan fingerprint density at radius 2 is 2.20 bits per heavy atom. The first-order valence-corrected chi connectivity index (χ1v) is 7.28. The zero-order chi connectivity index (χ0) is 14.5. The fraction of sp³-hybridized carbons (Fsp3) is 0.562. The summed E-state index contributed by atoms with van der Waals surface area (Å²) in [5.41, 5.74) is 6.76. The Hall–Kier alpha value is -1.71. The second-order valence-electron chi connectivity index (χ2n) is 5.42. The van der Waals surface area contributed by atoms with Crippen LogP contribution in [-0.4, -0.2) is 19.2 Å². The third kappa shape index (κ3) is 3.44. The predicted octanol–water partition coefficient (Wildman–Crippen LogP) is 3.40. The minimum atomic E-state index is -0.291. The van der Waals surface area contributed by atoms with E-state index in [1.54, 1.807) is 25.3 Å². The molecule has 0 spiro atoms. The van der Waals surface area contributed by atoms with E-state index in [-0.39, 0.29) is 12.1 Å². The van der Waals surface area contributed by atoms with E-state index in [9.17, 15) is 4.79 Å². The lowest BCUT2D eigenvalue weighted by Crippen LogP contribution is -2.25. The van der Waals surface area contributed by atoms with Gasteiger partial charge in [-0.3, -0.25) is 0 Å². The Kier molecular flexibility index (Phi) is 4.88. The van der Waals surface area contributed by atoms with Crippen LogP contribution in [0.2, 0.25) is 0 Å². The number of esters is 1. The minimum absolute atomic E-state index is 0.0459. The molecule has 0 bridgehead atoms. The lowest BCUT2D eigenvalue weighted by molar-refractivity contribution is 0.0140. The number of hydrogen-bond donors (Lipinski definition) is 1. The average molecular weight is 277 g/mol. The van der Waals surface area contributed by atoms with Crippen molar-refractivity contribution >= 4 is 11.7 Å². The van der Waals surface area contributed by atoms with Crippen molar-refractivity contribution in [2.45, 2.75) is 45.1 Å². The molecule has 1 aliphatic rings. The van der Waals surface area contributed by atoms with E-state index in [2.05, 4.69) is 6.92 Å². The summed E-state index contributed by atoms with van der Waals surface area (Å²) in [7, 11) is 1.55. The van der Waals surface area contributed by atoms with Gasteiger partial charge in [-0.15, -0.1) is 0 Å². The van der Waals surface area contributed by atoms with E-state index >= 15 is 0 Å². The number of ether oxygens (including phenoxy) is 2. The highest BCUT2D eigenvalue weighted by molar-refractivity contribution is 5.91. The van der Waals surface area contributed by atoms with Gasteiger partial charge in [0.2, 0.25) is 0 Å². The van der Waals surface area contributed by atoms with Crippen LogP contribution in [0, 0.1) is 5.92 Å². The molecule has 1 aromatic rings. The summed E-state index contributed by atoms with van der Waals surface area (Å²) < 4.78 is 10.7. The van der Waals surface area contributed by atoms with Crippen molar-refractivity contribution < 1.29 is 14.3 Å². The van der Waals surface area contributed by atoms with Gasteiger partial charge >= 0.3 is 5.97 Å². The van der Waals surface area contributed by atoms with Gasteiger partial charge in [-0.2, -0.15) is 0 Å². The Morgan fingerprint density at radius 1 is 1.40 bits per heavy atom. The fourth-order valence-corrected chi connectivity index (χ4v) is 2.80. The van der Waals surface area contributed by atoms with Gasteiger partial charge in [0.15, 0.2) is 0 Å². The van der Waals surface area contributed by atoms with Gasteiger partial charge in [0, 0.05) is 0 Å². The number of carbonyl (C=O) groups excluding carboxylic acids is 1. The van der Waals surface area contributed by atoms with Gasteiger partial charge in [0.25, 0.3) is 0 Å². The van der Waals surface area contributed by atoms with Crippen molar-refractivity contribution in [2.24, 2.45) is 5.92 Å². The summed E-state index contributed by atoms with van der Waals surface area (Å²) in [5.74, 6) is 0.967. The monoisotopic (exact) mass is 277 g/mol. The zero-order valence-electron chi connectivity index (χ0n) is 12.2. The topological polar surface area (TPSA) is 61.5 Å². The van der Waals surface area contributed by atoms with Crippen molar-refractivity contribution in [3.63, 3.8) is 0 Å². The van der Waals surface area contributed by atoms with Crippen molar-refractivity contribution in [2.75, 3.05) is 12.8 Å². The normalized spacial score (nSPS) is 22.3. The Labute approximate surface area is 120 Å². The Bertz CT molecular complexity index is 473. The number of nitrogens with two attached hydrogens (primary N) is 1. The van der Waals surface area contributed by atoms with E-state index in [1.165, 1.54) is 6.42 Å². The van der Waals surface area contributed by atoms with Crippen LogP contribution in [0.4, 0.5) is 5.69 Å². The highest BCUT2D eigenvalue weighted by atomic mass is 16.5. The van der Waals surface area contributed by atoms with Gasteiger partial charge in [-0.1, -0.05) is 19.8 Å². The molecular weight excluding hydrogens is 254 g/mol. The molecule has 0 radical (unpaired) electrons. The van der Waals surface area contributed by atoms with E-state index < -0.39 is 0 Å². The molecule has 1 aromatic carbocycles. The molecule has 2 atom stereocenters. The summed E-state index contributed by atoms with van der Waals surface area (Å²) >= 11 is 0. The summed E-state index contributed by atoms with van der Waals surface area (Å²) in [6, 6.07) is 5.00. The van der Waals surface area contributed by atoms with Crippen LogP contribution in [-0.2, 0) is 4.74 Å². The molecule has 0 aromatic heterocycles. The smallest absolute Gasteiger partial charge is 0.338 e. The summed E-state index contributed by atoms with van der Waals surface area (Å²) in [6.45, 7) is 2.19. The van der Waals surface area contributed by atoms with Gasteiger partial charge in [0.1, 0.15) is 11.9 Å². The van der Waals surface area contributed by atoms with Crippen LogP contribution in [0.3, 0.4) is 0 Å². The fourth-order valence-electron chi connectivity index (χ4n) is 2.80. The first-order valence-electron chi connectivity index (χ1n) is 7.28. The van der Waals surface area contributed by atoms with Crippen LogP contribution in [0.1, 0.15) is 49.4 Å². The van der Waals surface area contributed by atoms with Crippen molar-refractivity contribution in [3.8, 4) is 5.75 Å². The van der Waals surface area contributed by atoms with E-state index in [0.29, 0.717) is 22.9 Å². The van der Waals surface area contributed by atoms with E-state index in [0.717, 1.165) is 25.7 Å². The molecule has 2 N–H and O–H groups in total. The largest absolute Gasteiger partial charge is 0.495 e. The number of carbonyl (C=O) groups is 1. The first kappa shape index (κ1) is 14.7. The first-order chi connectivity index (χ1) is 9.63. The number of nitrogen functional groups attached to an aromatic ring is 1. The molecule has 1 fully saturated rings. The summed E-state index contributed by atoms with van der Waals surface area (Å²) in [4.78, 5) is 12.1. The Morgan fingerprint density at radius 3 is 2.85 bits per heavy atom. The molecular formula is C16H23NO3. The molecule has 0 heterocycles. The van der Waals surface area contributed by atoms with E-state index in [1.807, 2.05) is 0 Å². The molecule has 0 amide bonds. The molecule has 1 saturated carbocycles. The lowest BCUT2D eigenvalue weighted by Gasteiger charge is -2.28. The molecule has 1 aliphatic carbocycles. The van der Waals surface area contributed by atoms with Crippen molar-refractivity contribution in [3.05, 3.63) is 23.8 Å². The molecule has 0 aliphatic heterocycles. The summed E-state index contributed by atoms with van der Waals surface area (Å²) in [5, 5.41) is 0. The van der Waals surface area contributed by atoms with Crippen molar-refractivity contribution in [1.82, 2.24) is 0 Å². The van der Waals surface area contributed by atoms with Crippen LogP contribution in [0.25, 0.3) is 0 Å². The van der Waals surface area contributed by atoms with Gasteiger partial charge in [0.05, 0.1) is 18.4 Å². The number of benzene rings is 1. The number of hydrogen-bond acceptors (Lipinski definition) is 4. The maximum Gasteiger partial charge on any atom is 0.338 e. The molecule has 20 heavy (non-hydrogen) atoms. The van der Waals surface area contributed by atoms with Gasteiger partial charge in [-0.05, 0) is 43.4 Å². The van der Waals surface area contributed by atoms with Crippen molar-refractivity contribution in [1.29, 1.82) is 0 Å². The maximum atomic E-state index is 12.1. The van der Waals surface area contributed by atoms with Crippen LogP contribution in [0.5, 0.6) is 5.75 Å². The molecule has 4 heteroatoms. The van der Waals surface area contributed by atoms with Crippen LogP contribution >= 0.6 is 0 Å². The SMILES string of the molecule is CCC1CCCC(OC(=O)c2ccc(OC)c(N)c2)C1. The summed E-state index contributed by atoms with van der Waals surface area (Å²) in [6.07, 6.45) is 5.54. The van der Waals surface area contributed by atoms with Gasteiger partial charge < -0.3 is 15.2 Å². The third-order valence-corrected chi connectivity index (χ3v) is 4.05. The number of anilines is 1. The maximum absolute atomic E-state index is 12.1. The van der Waals surface area contributed by atoms with Gasteiger partial charge in [-0.25, -0.2) is 4.79 Å².